The van der Waals surface area contributed by atoms with Crippen molar-refractivity contribution in [3.8, 4) is 11.5 Å². The second kappa shape index (κ2) is 9.72. The van der Waals surface area contributed by atoms with Crippen LogP contribution in [0.25, 0.3) is 0 Å². The number of amides is 1. The summed E-state index contributed by atoms with van der Waals surface area (Å²) < 4.78 is 11.1. The van der Waals surface area contributed by atoms with Gasteiger partial charge >= 0.3 is 6.09 Å². The summed E-state index contributed by atoms with van der Waals surface area (Å²) in [6, 6.07) is 15.5. The summed E-state index contributed by atoms with van der Waals surface area (Å²) in [5, 5.41) is 2.74. The second-order valence-corrected chi connectivity index (χ2v) is 6.42. The molecule has 136 valence electrons. The number of nitrogens with one attached hydrogen (secondary N) is 1. The highest BCUT2D eigenvalue weighted by Crippen LogP contribution is 2.23. The molecule has 4 heteroatoms. The van der Waals surface area contributed by atoms with Gasteiger partial charge in [0.05, 0.1) is 0 Å². The number of alkyl carbamates (subject to hydrolysis) is 1. The number of ether oxygens (including phenoxy) is 2. The molecule has 0 spiro atoms. The zero-order valence-corrected chi connectivity index (χ0v) is 16.1. The first-order valence-electron chi connectivity index (χ1n) is 8.62. The summed E-state index contributed by atoms with van der Waals surface area (Å²) in [6.07, 6.45) is -0.428. The van der Waals surface area contributed by atoms with Crippen LogP contribution in [0.3, 0.4) is 0 Å². The van der Waals surface area contributed by atoms with Crippen LogP contribution in [-0.2, 0) is 11.3 Å². The minimum Gasteiger partial charge on any atom is -0.457 e. The fourth-order valence-electron chi connectivity index (χ4n) is 2.02. The molecule has 1 amide bonds. The van der Waals surface area contributed by atoms with Crippen LogP contribution in [0.5, 0.6) is 11.5 Å². The van der Waals surface area contributed by atoms with E-state index >= 15 is 0 Å². The molecule has 0 aliphatic carbocycles. The Morgan fingerprint density at radius 1 is 1.00 bits per heavy atom. The quantitative estimate of drug-likeness (QED) is 0.759. The van der Waals surface area contributed by atoms with E-state index in [2.05, 4.69) is 5.32 Å². The largest absolute Gasteiger partial charge is 0.457 e. The van der Waals surface area contributed by atoms with Gasteiger partial charge in [0.1, 0.15) is 17.1 Å². The van der Waals surface area contributed by atoms with Crippen LogP contribution in [0.15, 0.2) is 48.5 Å². The van der Waals surface area contributed by atoms with Crippen LogP contribution in [-0.4, -0.2) is 11.7 Å². The molecule has 0 aliphatic rings. The van der Waals surface area contributed by atoms with E-state index in [1.165, 1.54) is 0 Å². The minimum absolute atomic E-state index is 0.389. The topological polar surface area (TPSA) is 47.6 Å². The van der Waals surface area contributed by atoms with Crippen LogP contribution < -0.4 is 10.1 Å². The lowest BCUT2D eigenvalue weighted by Crippen LogP contribution is -2.32. The van der Waals surface area contributed by atoms with Crippen molar-refractivity contribution in [1.29, 1.82) is 0 Å². The van der Waals surface area contributed by atoms with Crippen LogP contribution in [0.2, 0.25) is 0 Å². The molecule has 25 heavy (non-hydrogen) atoms. The molecule has 0 saturated carbocycles. The number of hydrogen-bond acceptors (Lipinski definition) is 3. The van der Waals surface area contributed by atoms with E-state index in [1.54, 1.807) is 0 Å². The van der Waals surface area contributed by atoms with Crippen molar-refractivity contribution >= 4 is 6.09 Å². The molecule has 0 fully saturated rings. The Labute approximate surface area is 151 Å². The highest BCUT2D eigenvalue weighted by Gasteiger charge is 2.15. The van der Waals surface area contributed by atoms with E-state index in [9.17, 15) is 4.79 Å². The lowest BCUT2D eigenvalue weighted by molar-refractivity contribution is 0.0523. The fraction of sp³-hybridized carbons (Fsp3) is 0.381. The van der Waals surface area contributed by atoms with Crippen molar-refractivity contribution in [3.05, 3.63) is 59.7 Å². The smallest absolute Gasteiger partial charge is 0.407 e. The van der Waals surface area contributed by atoms with Crippen LogP contribution >= 0.6 is 0 Å². The first-order valence-corrected chi connectivity index (χ1v) is 8.62. The van der Waals surface area contributed by atoms with Gasteiger partial charge in [0, 0.05) is 6.54 Å². The van der Waals surface area contributed by atoms with Gasteiger partial charge < -0.3 is 14.8 Å². The molecule has 2 aromatic rings. The van der Waals surface area contributed by atoms with Gasteiger partial charge in [-0.1, -0.05) is 38.1 Å². The van der Waals surface area contributed by atoms with Gasteiger partial charge in [-0.05, 0) is 63.1 Å². The maximum Gasteiger partial charge on any atom is 0.407 e. The molecule has 2 aromatic carbocycles. The molecule has 0 aromatic heterocycles. The Morgan fingerprint density at radius 2 is 1.60 bits per heavy atom. The Morgan fingerprint density at radius 3 is 2.20 bits per heavy atom. The highest BCUT2D eigenvalue weighted by molar-refractivity contribution is 5.67. The number of rotatable bonds is 4. The zero-order chi connectivity index (χ0) is 18.9. The average Bonchev–Trinajstić information content (AvgIpc) is 2.54. The summed E-state index contributed by atoms with van der Waals surface area (Å²) in [5.41, 5.74) is 1.59. The average molecular weight is 343 g/mol. The van der Waals surface area contributed by atoms with Crippen molar-refractivity contribution < 1.29 is 14.3 Å². The van der Waals surface area contributed by atoms with E-state index in [-0.39, 0.29) is 0 Å². The van der Waals surface area contributed by atoms with Gasteiger partial charge in [-0.3, -0.25) is 0 Å². The molecule has 0 aliphatic heterocycles. The minimum atomic E-state index is -0.500. The monoisotopic (exact) mass is 343 g/mol. The first kappa shape index (κ1) is 20.6. The SMILES string of the molecule is CC.Cc1cccc(Oc2cccc(CNC(=O)OC(C)(C)C)c2)c1. The Hall–Kier alpha value is -2.49. The molecule has 0 saturated heterocycles. The maximum atomic E-state index is 11.7. The van der Waals surface area contributed by atoms with E-state index in [0.29, 0.717) is 6.54 Å². The molecule has 4 nitrogen and oxygen atoms in total. The van der Waals surface area contributed by atoms with Crippen molar-refractivity contribution in [2.75, 3.05) is 0 Å². The normalized spacial score (nSPS) is 10.3. The highest BCUT2D eigenvalue weighted by atomic mass is 16.6. The zero-order valence-electron chi connectivity index (χ0n) is 16.1. The standard InChI is InChI=1S/C19H23NO3.C2H6/c1-14-7-5-9-16(11-14)22-17-10-6-8-15(12-17)13-20-18(21)23-19(2,3)4;1-2/h5-12H,13H2,1-4H3,(H,20,21);1-2H3. The summed E-state index contributed by atoms with van der Waals surface area (Å²) >= 11 is 0. The lowest BCUT2D eigenvalue weighted by atomic mass is 10.2. The third kappa shape index (κ3) is 8.25. The van der Waals surface area contributed by atoms with Crippen LogP contribution in [0.4, 0.5) is 4.79 Å². The number of hydrogen-bond donors (Lipinski definition) is 1. The maximum absolute atomic E-state index is 11.7. The van der Waals surface area contributed by atoms with E-state index < -0.39 is 11.7 Å². The first-order chi connectivity index (χ1) is 11.8. The van der Waals surface area contributed by atoms with E-state index in [1.807, 2.05) is 90.1 Å². The summed E-state index contributed by atoms with van der Waals surface area (Å²) in [5.74, 6) is 1.53. The van der Waals surface area contributed by atoms with E-state index in [4.69, 9.17) is 9.47 Å². The van der Waals surface area contributed by atoms with Crippen molar-refractivity contribution in [1.82, 2.24) is 5.32 Å². The molecule has 2 rings (SSSR count). The Bertz CT molecular complexity index is 675. The number of carbonyl (C=O) groups is 1. The molecule has 0 bridgehead atoms. The summed E-state index contributed by atoms with van der Waals surface area (Å²) in [7, 11) is 0. The second-order valence-electron chi connectivity index (χ2n) is 6.42. The summed E-state index contributed by atoms with van der Waals surface area (Å²) in [4.78, 5) is 11.7. The van der Waals surface area contributed by atoms with E-state index in [0.717, 1.165) is 22.6 Å². The molecule has 0 heterocycles. The number of benzene rings is 2. The third-order valence-corrected chi connectivity index (χ3v) is 2.96. The number of carbonyl (C=O) groups excluding carboxylic acids is 1. The van der Waals surface area contributed by atoms with Crippen molar-refractivity contribution in [2.24, 2.45) is 0 Å². The van der Waals surface area contributed by atoms with Crippen molar-refractivity contribution in [3.63, 3.8) is 0 Å². The Balaban J connectivity index is 0.00000151. The molecular formula is C21H29NO3. The lowest BCUT2D eigenvalue weighted by Gasteiger charge is -2.19. The van der Waals surface area contributed by atoms with Crippen LogP contribution in [0.1, 0.15) is 45.7 Å². The fourth-order valence-corrected chi connectivity index (χ4v) is 2.02. The van der Waals surface area contributed by atoms with Gasteiger partial charge in [0.15, 0.2) is 0 Å². The molecular weight excluding hydrogens is 314 g/mol. The molecule has 1 N–H and O–H groups in total. The third-order valence-electron chi connectivity index (χ3n) is 2.96. The van der Waals surface area contributed by atoms with Crippen LogP contribution in [0, 0.1) is 6.92 Å². The van der Waals surface area contributed by atoms with Gasteiger partial charge in [-0.2, -0.15) is 0 Å². The molecule has 0 unspecified atom stereocenters. The predicted molar refractivity (Wildman–Crippen MR) is 102 cm³/mol. The molecule has 0 atom stereocenters. The van der Waals surface area contributed by atoms with Gasteiger partial charge in [-0.15, -0.1) is 0 Å². The Kier molecular flexibility index (Phi) is 7.99. The predicted octanol–water partition coefficient (Wildman–Crippen LogP) is 5.84. The van der Waals surface area contributed by atoms with Gasteiger partial charge in [-0.25, -0.2) is 4.79 Å². The van der Waals surface area contributed by atoms with Crippen molar-refractivity contribution in [2.45, 2.75) is 53.7 Å². The number of aryl methyl sites for hydroxylation is 1. The van der Waals surface area contributed by atoms with Gasteiger partial charge in [0.25, 0.3) is 0 Å². The molecule has 0 radical (unpaired) electrons. The van der Waals surface area contributed by atoms with Gasteiger partial charge in [0.2, 0.25) is 0 Å². The summed E-state index contributed by atoms with van der Waals surface area (Å²) in [6.45, 7) is 11.9.